The van der Waals surface area contributed by atoms with E-state index in [-0.39, 0.29) is 6.61 Å². The van der Waals surface area contributed by atoms with Crippen molar-refractivity contribution in [3.05, 3.63) is 29.8 Å². The third-order valence-electron chi connectivity index (χ3n) is 4.86. The molecule has 2 unspecified atom stereocenters. The molecule has 0 saturated heterocycles. The van der Waals surface area contributed by atoms with Crippen molar-refractivity contribution >= 4 is 23.2 Å². The molecule has 0 aliphatic heterocycles. The normalized spacial score (nSPS) is 16.9. The van der Waals surface area contributed by atoms with E-state index >= 15 is 0 Å². The lowest BCUT2D eigenvalue weighted by Crippen LogP contribution is -2.32. The number of ether oxygens (including phenoxy) is 1. The summed E-state index contributed by atoms with van der Waals surface area (Å²) >= 11 is 0. The fourth-order valence-electron chi connectivity index (χ4n) is 3.42. The number of benzene rings is 1. The fourth-order valence-corrected chi connectivity index (χ4v) is 3.42. The van der Waals surface area contributed by atoms with Crippen LogP contribution in [0.5, 0.6) is 0 Å². The molecule has 0 bridgehead atoms. The zero-order chi connectivity index (χ0) is 18.4. The highest BCUT2D eigenvalue weighted by Gasteiger charge is 2.33. The predicted molar refractivity (Wildman–Crippen MR) is 96.6 cm³/mol. The molecule has 5 heteroatoms. The molecule has 1 saturated carbocycles. The zero-order valence-corrected chi connectivity index (χ0v) is 15.2. The van der Waals surface area contributed by atoms with E-state index in [9.17, 15) is 14.4 Å². The Morgan fingerprint density at radius 1 is 1.16 bits per heavy atom. The Hall–Kier alpha value is -2.17. The fraction of sp³-hybridized carbons (Fsp3) is 0.550. The highest BCUT2D eigenvalue weighted by Crippen LogP contribution is 2.29. The molecule has 2 rings (SSSR count). The lowest BCUT2D eigenvalue weighted by atomic mass is 9.94. The number of Topliss-reactive ketones (excluding diaryl/α,β-unsaturated/α-hetero) is 2. The van der Waals surface area contributed by atoms with Crippen LogP contribution < -0.4 is 5.32 Å². The van der Waals surface area contributed by atoms with Gasteiger partial charge in [-0.25, -0.2) is 0 Å². The van der Waals surface area contributed by atoms with Gasteiger partial charge in [-0.05, 0) is 63.8 Å². The van der Waals surface area contributed by atoms with Crippen LogP contribution in [0.4, 0.5) is 5.69 Å². The van der Waals surface area contributed by atoms with Crippen molar-refractivity contribution in [3.8, 4) is 0 Å². The molecule has 0 aromatic heterocycles. The van der Waals surface area contributed by atoms with Crippen LogP contribution in [0.25, 0.3) is 0 Å². The zero-order valence-electron chi connectivity index (χ0n) is 15.2. The van der Waals surface area contributed by atoms with E-state index in [1.807, 2.05) is 12.1 Å². The molecule has 1 aliphatic carbocycles. The molecule has 0 spiro atoms. The number of esters is 1. The lowest BCUT2D eigenvalue weighted by molar-refractivity contribution is -0.148. The van der Waals surface area contributed by atoms with Crippen molar-refractivity contribution in [3.63, 3.8) is 0 Å². The Morgan fingerprint density at radius 3 is 2.28 bits per heavy atom. The van der Waals surface area contributed by atoms with Gasteiger partial charge < -0.3 is 10.1 Å². The smallest absolute Gasteiger partial charge is 0.324 e. The predicted octanol–water partition coefficient (Wildman–Crippen LogP) is 3.63. The van der Waals surface area contributed by atoms with Gasteiger partial charge in [0.1, 0.15) is 0 Å². The van der Waals surface area contributed by atoms with Crippen LogP contribution >= 0.6 is 0 Å². The van der Waals surface area contributed by atoms with Gasteiger partial charge in [0.15, 0.2) is 17.5 Å². The van der Waals surface area contributed by atoms with E-state index < -0.39 is 23.5 Å². The molecule has 25 heavy (non-hydrogen) atoms. The molecule has 1 fully saturated rings. The minimum absolute atomic E-state index is 0.137. The van der Waals surface area contributed by atoms with Gasteiger partial charge in [0.05, 0.1) is 6.61 Å². The standard InChI is InChI=1S/C20H27NO4/c1-4-25-20(24)18(14(3)22)19(23)16-9-11-17(12-10-16)21-13(2)15-7-5-6-8-15/h9-13,15,18,21H,4-8H2,1-3H3. The van der Waals surface area contributed by atoms with Crippen LogP contribution in [0.1, 0.15) is 56.8 Å². The van der Waals surface area contributed by atoms with Gasteiger partial charge in [0, 0.05) is 17.3 Å². The van der Waals surface area contributed by atoms with E-state index in [1.54, 1.807) is 19.1 Å². The number of hydrogen-bond donors (Lipinski definition) is 1. The number of anilines is 1. The topological polar surface area (TPSA) is 72.5 Å². The highest BCUT2D eigenvalue weighted by molar-refractivity contribution is 6.22. The Kier molecular flexibility index (Phi) is 6.73. The summed E-state index contributed by atoms with van der Waals surface area (Å²) in [5.41, 5.74) is 1.28. The summed E-state index contributed by atoms with van der Waals surface area (Å²) in [6.45, 7) is 5.20. The number of hydrogen-bond acceptors (Lipinski definition) is 5. The SMILES string of the molecule is CCOC(=O)C(C(C)=O)C(=O)c1ccc(NC(C)C2CCCC2)cc1. The van der Waals surface area contributed by atoms with Gasteiger partial charge in [0.25, 0.3) is 0 Å². The quantitative estimate of drug-likeness (QED) is 0.442. The Morgan fingerprint density at radius 2 is 1.76 bits per heavy atom. The second-order valence-electron chi connectivity index (χ2n) is 6.71. The lowest BCUT2D eigenvalue weighted by Gasteiger charge is -2.21. The number of carbonyl (C=O) groups excluding carboxylic acids is 3. The first-order valence-electron chi connectivity index (χ1n) is 9.02. The van der Waals surface area contributed by atoms with E-state index in [4.69, 9.17) is 4.74 Å². The van der Waals surface area contributed by atoms with Gasteiger partial charge in [-0.15, -0.1) is 0 Å². The summed E-state index contributed by atoms with van der Waals surface area (Å²) in [5, 5.41) is 3.48. The summed E-state index contributed by atoms with van der Waals surface area (Å²) in [4.78, 5) is 36.1. The molecule has 1 aromatic rings. The molecule has 0 radical (unpaired) electrons. The minimum atomic E-state index is -1.38. The second kappa shape index (κ2) is 8.79. The van der Waals surface area contributed by atoms with E-state index in [1.165, 1.54) is 32.6 Å². The maximum Gasteiger partial charge on any atom is 0.324 e. The average Bonchev–Trinajstić information content (AvgIpc) is 3.10. The maximum atomic E-state index is 12.5. The van der Waals surface area contributed by atoms with E-state index in [2.05, 4.69) is 12.2 Å². The third-order valence-corrected chi connectivity index (χ3v) is 4.86. The first-order valence-corrected chi connectivity index (χ1v) is 9.02. The molecule has 1 N–H and O–H groups in total. The largest absolute Gasteiger partial charge is 0.465 e. The van der Waals surface area contributed by atoms with Crippen molar-refractivity contribution in [1.29, 1.82) is 0 Å². The van der Waals surface area contributed by atoms with Gasteiger partial charge >= 0.3 is 5.97 Å². The number of ketones is 2. The first kappa shape index (κ1) is 19.2. The van der Waals surface area contributed by atoms with Gasteiger partial charge in [0.2, 0.25) is 0 Å². The van der Waals surface area contributed by atoms with Crippen molar-refractivity contribution < 1.29 is 19.1 Å². The Bertz CT molecular complexity index is 617. The van der Waals surface area contributed by atoms with Gasteiger partial charge in [-0.2, -0.15) is 0 Å². The monoisotopic (exact) mass is 345 g/mol. The third kappa shape index (κ3) is 4.91. The Labute approximate surface area is 149 Å². The maximum absolute atomic E-state index is 12.5. The molecule has 0 heterocycles. The number of nitrogens with one attached hydrogen (secondary N) is 1. The van der Waals surface area contributed by atoms with Crippen molar-refractivity contribution in [2.24, 2.45) is 11.8 Å². The van der Waals surface area contributed by atoms with Gasteiger partial charge in [-0.3, -0.25) is 14.4 Å². The summed E-state index contributed by atoms with van der Waals surface area (Å²) in [5.74, 6) is -2.48. The highest BCUT2D eigenvalue weighted by atomic mass is 16.5. The molecule has 136 valence electrons. The first-order chi connectivity index (χ1) is 11.9. The molecule has 0 amide bonds. The van der Waals surface area contributed by atoms with E-state index in [0.29, 0.717) is 17.5 Å². The average molecular weight is 345 g/mol. The van der Waals surface area contributed by atoms with Crippen molar-refractivity contribution in [1.82, 2.24) is 0 Å². The Balaban J connectivity index is 2.05. The van der Waals surface area contributed by atoms with Crippen LogP contribution in [0.3, 0.4) is 0 Å². The molecule has 1 aromatic carbocycles. The molecular formula is C20H27NO4. The van der Waals surface area contributed by atoms with E-state index in [0.717, 1.165) is 5.69 Å². The minimum Gasteiger partial charge on any atom is -0.465 e. The van der Waals surface area contributed by atoms with Crippen molar-refractivity contribution in [2.75, 3.05) is 11.9 Å². The van der Waals surface area contributed by atoms with Gasteiger partial charge in [-0.1, -0.05) is 12.8 Å². The van der Waals surface area contributed by atoms with Crippen molar-refractivity contribution in [2.45, 2.75) is 52.5 Å². The molecule has 5 nitrogen and oxygen atoms in total. The summed E-state index contributed by atoms with van der Waals surface area (Å²) in [7, 11) is 0. The molecule has 2 atom stereocenters. The second-order valence-corrected chi connectivity index (χ2v) is 6.71. The van der Waals surface area contributed by atoms with Crippen LogP contribution in [-0.2, 0) is 14.3 Å². The molecular weight excluding hydrogens is 318 g/mol. The summed E-state index contributed by atoms with van der Waals surface area (Å²) in [6.07, 6.45) is 5.10. The van der Waals surface area contributed by atoms with Crippen LogP contribution in [0, 0.1) is 11.8 Å². The number of rotatable bonds is 8. The number of carbonyl (C=O) groups is 3. The van der Waals surface area contributed by atoms with Crippen LogP contribution in [0.15, 0.2) is 24.3 Å². The molecule has 1 aliphatic rings. The van der Waals surface area contributed by atoms with Crippen LogP contribution in [0.2, 0.25) is 0 Å². The summed E-state index contributed by atoms with van der Waals surface area (Å²) in [6, 6.07) is 7.33. The van der Waals surface area contributed by atoms with Crippen LogP contribution in [-0.4, -0.2) is 30.2 Å². The summed E-state index contributed by atoms with van der Waals surface area (Å²) < 4.78 is 4.85.